The highest BCUT2D eigenvalue weighted by atomic mass is 19.4. The largest absolute Gasteiger partial charge is 0.497 e. The number of pyridine rings is 1. The van der Waals surface area contributed by atoms with Gasteiger partial charge in [0.15, 0.2) is 0 Å². The number of carboxylic acids is 1. The lowest BCUT2D eigenvalue weighted by atomic mass is 10.1. The smallest absolute Gasteiger partial charge is 0.490 e. The fraction of sp³-hybridized carbons (Fsp3) is 0.455. The van der Waals surface area contributed by atoms with Gasteiger partial charge < -0.3 is 19.3 Å². The second kappa shape index (κ2) is 10.6. The first-order valence-electron chi connectivity index (χ1n) is 10.1. The van der Waals surface area contributed by atoms with Crippen LogP contribution in [0.5, 0.6) is 11.6 Å². The number of carbonyl (C=O) groups is 1. The van der Waals surface area contributed by atoms with Crippen LogP contribution in [-0.4, -0.2) is 65.6 Å². The van der Waals surface area contributed by atoms with Gasteiger partial charge in [-0.25, -0.2) is 9.78 Å². The molecule has 7 nitrogen and oxygen atoms in total. The molecule has 0 bridgehead atoms. The zero-order valence-corrected chi connectivity index (χ0v) is 17.5. The molecule has 1 aliphatic carbocycles. The minimum absolute atomic E-state index is 0.0820. The Kier molecular flexibility index (Phi) is 7.92. The molecule has 3 atom stereocenters. The average Bonchev–Trinajstić information content (AvgIpc) is 3.18. The number of aromatic nitrogens is 1. The number of rotatable bonds is 5. The third-order valence-electron chi connectivity index (χ3n) is 5.35. The van der Waals surface area contributed by atoms with Gasteiger partial charge in [0.25, 0.3) is 0 Å². The zero-order valence-electron chi connectivity index (χ0n) is 17.5. The first-order chi connectivity index (χ1) is 15.3. The molecule has 0 amide bonds. The normalized spacial score (nSPS) is 22.9. The third kappa shape index (κ3) is 6.33. The highest BCUT2D eigenvalue weighted by Gasteiger charge is 2.44. The summed E-state index contributed by atoms with van der Waals surface area (Å²) >= 11 is 0. The molecule has 1 aliphatic heterocycles. The van der Waals surface area contributed by atoms with Gasteiger partial charge in [0.05, 0.1) is 13.7 Å². The van der Waals surface area contributed by atoms with Crippen LogP contribution in [-0.2, 0) is 16.1 Å². The number of morpholine rings is 1. The zero-order chi connectivity index (χ0) is 23.1. The molecule has 174 valence electrons. The summed E-state index contributed by atoms with van der Waals surface area (Å²) in [7, 11) is 1.70. The van der Waals surface area contributed by atoms with Crippen molar-refractivity contribution in [3.05, 3.63) is 54.2 Å². The van der Waals surface area contributed by atoms with Crippen LogP contribution in [0.4, 0.5) is 13.2 Å². The molecule has 1 saturated carbocycles. The number of benzene rings is 1. The molecule has 1 saturated heterocycles. The Balaban J connectivity index is 0.000000360. The molecule has 1 aromatic carbocycles. The summed E-state index contributed by atoms with van der Waals surface area (Å²) in [5.41, 5.74) is 1.30. The van der Waals surface area contributed by atoms with E-state index in [2.05, 4.69) is 22.0 Å². The lowest BCUT2D eigenvalue weighted by Gasteiger charge is -2.39. The van der Waals surface area contributed by atoms with Crippen LogP contribution in [0.25, 0.3) is 0 Å². The summed E-state index contributed by atoms with van der Waals surface area (Å²) in [6.45, 7) is 2.65. The number of ether oxygens (including phenoxy) is 3. The molecule has 1 aromatic heterocycles. The second-order valence-corrected chi connectivity index (χ2v) is 7.43. The molecular weight excluding hydrogens is 429 g/mol. The maximum Gasteiger partial charge on any atom is 0.490 e. The minimum atomic E-state index is -5.08. The quantitative estimate of drug-likeness (QED) is 0.740. The number of hydrogen-bond acceptors (Lipinski definition) is 6. The van der Waals surface area contributed by atoms with Crippen LogP contribution in [0, 0.1) is 0 Å². The number of aliphatic carboxylic acids is 1. The van der Waals surface area contributed by atoms with Crippen LogP contribution in [0.1, 0.15) is 18.4 Å². The van der Waals surface area contributed by atoms with Crippen molar-refractivity contribution in [3.8, 4) is 11.6 Å². The van der Waals surface area contributed by atoms with E-state index in [-0.39, 0.29) is 12.2 Å². The highest BCUT2D eigenvalue weighted by molar-refractivity contribution is 5.73. The van der Waals surface area contributed by atoms with Gasteiger partial charge in [-0.15, -0.1) is 0 Å². The van der Waals surface area contributed by atoms with Gasteiger partial charge in [-0.05, 0) is 36.6 Å². The van der Waals surface area contributed by atoms with E-state index in [0.29, 0.717) is 11.9 Å². The molecule has 4 rings (SSSR count). The molecule has 2 aliphatic rings. The Bertz CT molecular complexity index is 864. The van der Waals surface area contributed by atoms with Crippen molar-refractivity contribution in [2.45, 2.75) is 43.8 Å². The van der Waals surface area contributed by atoms with Gasteiger partial charge in [0.1, 0.15) is 18.0 Å². The minimum Gasteiger partial charge on any atom is -0.497 e. The summed E-state index contributed by atoms with van der Waals surface area (Å²) in [5.74, 6) is -1.18. The van der Waals surface area contributed by atoms with Crippen molar-refractivity contribution in [1.82, 2.24) is 9.88 Å². The summed E-state index contributed by atoms with van der Waals surface area (Å²) in [6.07, 6.45) is -1.02. The Hall–Kier alpha value is -2.85. The number of hydrogen-bond donors (Lipinski definition) is 1. The van der Waals surface area contributed by atoms with Gasteiger partial charge in [-0.2, -0.15) is 13.2 Å². The number of methoxy groups -OCH3 is 1. The van der Waals surface area contributed by atoms with Gasteiger partial charge in [0.2, 0.25) is 5.88 Å². The van der Waals surface area contributed by atoms with Crippen LogP contribution in [0.15, 0.2) is 48.7 Å². The molecule has 10 heteroatoms. The van der Waals surface area contributed by atoms with Gasteiger partial charge in [-0.3, -0.25) is 4.90 Å². The van der Waals surface area contributed by atoms with Crippen LogP contribution in [0.3, 0.4) is 0 Å². The Labute approximate surface area is 183 Å². The van der Waals surface area contributed by atoms with Gasteiger partial charge in [-0.1, -0.05) is 18.2 Å². The fourth-order valence-corrected chi connectivity index (χ4v) is 3.85. The molecule has 0 radical (unpaired) electrons. The van der Waals surface area contributed by atoms with E-state index < -0.39 is 12.1 Å². The highest BCUT2D eigenvalue weighted by Crippen LogP contribution is 2.33. The topological polar surface area (TPSA) is 81.1 Å². The van der Waals surface area contributed by atoms with E-state index in [1.165, 1.54) is 5.56 Å². The molecule has 2 fully saturated rings. The molecule has 1 N–H and O–H groups in total. The predicted molar refractivity (Wildman–Crippen MR) is 109 cm³/mol. The molecule has 2 heterocycles. The lowest BCUT2D eigenvalue weighted by molar-refractivity contribution is -0.192. The maximum absolute atomic E-state index is 10.6. The van der Waals surface area contributed by atoms with E-state index in [4.69, 9.17) is 24.1 Å². The maximum atomic E-state index is 10.6. The van der Waals surface area contributed by atoms with E-state index in [1.807, 2.05) is 30.3 Å². The van der Waals surface area contributed by atoms with Crippen molar-refractivity contribution < 1.29 is 37.3 Å². The van der Waals surface area contributed by atoms with Crippen LogP contribution < -0.4 is 9.47 Å². The van der Waals surface area contributed by atoms with Crippen molar-refractivity contribution in [2.24, 2.45) is 0 Å². The Morgan fingerprint density at radius 3 is 2.53 bits per heavy atom. The number of fused-ring (bicyclic) bond motifs is 1. The third-order valence-corrected chi connectivity index (χ3v) is 5.35. The number of carboxylic acid groups (broad SMARTS) is 1. The summed E-state index contributed by atoms with van der Waals surface area (Å²) in [6, 6.07) is 14.5. The first-order valence-corrected chi connectivity index (χ1v) is 10.1. The van der Waals surface area contributed by atoms with E-state index >= 15 is 0 Å². The van der Waals surface area contributed by atoms with Gasteiger partial charge >= 0.3 is 12.1 Å². The fourth-order valence-electron chi connectivity index (χ4n) is 3.85. The van der Waals surface area contributed by atoms with Crippen molar-refractivity contribution in [3.63, 3.8) is 0 Å². The standard InChI is InChI=1S/C20H24N2O3.C2HF3O2/c1-23-16-7-5-15(6-8-16)14-22-12-13-24-20-17(22)9-10-18(20)25-19-4-2-3-11-21-19;3-2(4,5)1(6)7/h2-8,11,17-18,20H,9-10,12-14H2,1H3;(H,6,7)/t17-,18+,20+;/m0./s1. The van der Waals surface area contributed by atoms with Gasteiger partial charge in [0, 0.05) is 31.4 Å². The van der Waals surface area contributed by atoms with E-state index in [9.17, 15) is 13.2 Å². The second-order valence-electron chi connectivity index (χ2n) is 7.43. The molecule has 0 spiro atoms. The molecule has 0 unspecified atom stereocenters. The summed E-state index contributed by atoms with van der Waals surface area (Å²) in [4.78, 5) is 15.7. The molecular formula is C22H25F3N2O5. The number of alkyl halides is 3. The van der Waals surface area contributed by atoms with E-state index in [1.54, 1.807) is 13.3 Å². The number of halogens is 3. The summed E-state index contributed by atoms with van der Waals surface area (Å²) < 4.78 is 49.2. The Morgan fingerprint density at radius 1 is 1.22 bits per heavy atom. The Morgan fingerprint density at radius 2 is 1.94 bits per heavy atom. The monoisotopic (exact) mass is 454 g/mol. The first kappa shape index (κ1) is 23.8. The summed E-state index contributed by atoms with van der Waals surface area (Å²) in [5, 5.41) is 7.12. The van der Waals surface area contributed by atoms with Crippen molar-refractivity contribution in [2.75, 3.05) is 20.3 Å². The van der Waals surface area contributed by atoms with E-state index in [0.717, 1.165) is 38.3 Å². The molecule has 2 aromatic rings. The average molecular weight is 454 g/mol. The molecule has 32 heavy (non-hydrogen) atoms. The van der Waals surface area contributed by atoms with Crippen LogP contribution >= 0.6 is 0 Å². The predicted octanol–water partition coefficient (Wildman–Crippen LogP) is 3.53. The lowest BCUT2D eigenvalue weighted by Crippen LogP contribution is -2.51. The number of nitrogens with zero attached hydrogens (tertiary/aromatic N) is 2. The van der Waals surface area contributed by atoms with Crippen molar-refractivity contribution in [1.29, 1.82) is 0 Å². The van der Waals surface area contributed by atoms with Crippen molar-refractivity contribution >= 4 is 5.97 Å². The SMILES string of the molecule is COc1ccc(CN2CCO[C@H]3[C@H](Oc4ccccn4)CC[C@@H]32)cc1.O=C(O)C(F)(F)F. The van der Waals surface area contributed by atoms with Crippen LogP contribution in [0.2, 0.25) is 0 Å².